The van der Waals surface area contributed by atoms with Gasteiger partial charge in [-0.2, -0.15) is 0 Å². The zero-order valence-corrected chi connectivity index (χ0v) is 14.0. The predicted molar refractivity (Wildman–Crippen MR) is 90.7 cm³/mol. The molecule has 0 saturated carbocycles. The molecule has 128 valence electrons. The highest BCUT2D eigenvalue weighted by Gasteiger charge is 2.22. The molecule has 0 aliphatic carbocycles. The first-order valence-electron chi connectivity index (χ1n) is 7.98. The van der Waals surface area contributed by atoms with E-state index in [1.807, 2.05) is 13.8 Å². The molecule has 1 amide bonds. The van der Waals surface area contributed by atoms with Crippen molar-refractivity contribution in [2.45, 2.75) is 19.9 Å². The van der Waals surface area contributed by atoms with Crippen LogP contribution in [-0.4, -0.2) is 37.1 Å². The first kappa shape index (κ1) is 16.8. The van der Waals surface area contributed by atoms with Gasteiger partial charge in [-0.15, -0.1) is 10.2 Å². The topological polar surface area (TPSA) is 63.9 Å². The molecule has 25 heavy (non-hydrogen) atoms. The van der Waals surface area contributed by atoms with Crippen molar-refractivity contribution >= 4 is 5.91 Å². The third kappa shape index (κ3) is 3.55. The van der Waals surface area contributed by atoms with E-state index >= 15 is 0 Å². The summed E-state index contributed by atoms with van der Waals surface area (Å²) in [5, 5.41) is 8.12. The molecule has 0 fully saturated rings. The molecule has 2 heterocycles. The van der Waals surface area contributed by atoms with E-state index in [-0.39, 0.29) is 23.5 Å². The number of hydrogen-bond acceptors (Lipinski definition) is 4. The SMILES string of the molecule is CCN(C(=O)c1ccc(-n2ccnc2)nn1)C(C)c1ccc(F)cc1. The van der Waals surface area contributed by atoms with Crippen LogP contribution < -0.4 is 0 Å². The second kappa shape index (κ2) is 7.21. The van der Waals surface area contributed by atoms with Gasteiger partial charge in [0.25, 0.3) is 5.91 Å². The van der Waals surface area contributed by atoms with Crippen LogP contribution >= 0.6 is 0 Å². The molecule has 0 aliphatic heterocycles. The molecule has 7 heteroatoms. The van der Waals surface area contributed by atoms with Gasteiger partial charge in [-0.3, -0.25) is 9.36 Å². The molecule has 1 unspecified atom stereocenters. The van der Waals surface area contributed by atoms with E-state index in [1.165, 1.54) is 12.1 Å². The van der Waals surface area contributed by atoms with Gasteiger partial charge in [-0.25, -0.2) is 9.37 Å². The number of benzene rings is 1. The molecule has 0 N–H and O–H groups in total. The largest absolute Gasteiger partial charge is 0.331 e. The average Bonchev–Trinajstić information content (AvgIpc) is 3.17. The standard InChI is InChI=1S/C18H18FN5O/c1-3-24(13(2)14-4-6-15(19)7-5-14)18(25)16-8-9-17(22-21-16)23-11-10-20-12-23/h4-13H,3H2,1-2H3. The van der Waals surface area contributed by atoms with Gasteiger partial charge in [0, 0.05) is 18.9 Å². The van der Waals surface area contributed by atoms with Crippen LogP contribution in [0.3, 0.4) is 0 Å². The van der Waals surface area contributed by atoms with Gasteiger partial charge in [0.15, 0.2) is 11.5 Å². The molecule has 6 nitrogen and oxygen atoms in total. The second-order valence-corrected chi connectivity index (χ2v) is 5.57. The van der Waals surface area contributed by atoms with E-state index in [0.717, 1.165) is 5.56 Å². The summed E-state index contributed by atoms with van der Waals surface area (Å²) < 4.78 is 14.8. The lowest BCUT2D eigenvalue weighted by Crippen LogP contribution is -2.34. The highest BCUT2D eigenvalue weighted by molar-refractivity contribution is 5.92. The van der Waals surface area contributed by atoms with Crippen LogP contribution in [0.25, 0.3) is 5.82 Å². The Bertz CT molecular complexity index is 831. The lowest BCUT2D eigenvalue weighted by atomic mass is 10.1. The summed E-state index contributed by atoms with van der Waals surface area (Å²) in [6, 6.07) is 9.32. The quantitative estimate of drug-likeness (QED) is 0.717. The molecular weight excluding hydrogens is 321 g/mol. The number of halogens is 1. The number of carbonyl (C=O) groups excluding carboxylic acids is 1. The van der Waals surface area contributed by atoms with E-state index in [2.05, 4.69) is 15.2 Å². The first-order valence-corrected chi connectivity index (χ1v) is 7.98. The number of carbonyl (C=O) groups is 1. The number of nitrogens with zero attached hydrogens (tertiary/aromatic N) is 5. The average molecular weight is 339 g/mol. The lowest BCUT2D eigenvalue weighted by molar-refractivity contribution is 0.0695. The van der Waals surface area contributed by atoms with Gasteiger partial charge in [0.05, 0.1) is 6.04 Å². The minimum Gasteiger partial charge on any atom is -0.331 e. The fourth-order valence-corrected chi connectivity index (χ4v) is 2.63. The highest BCUT2D eigenvalue weighted by atomic mass is 19.1. The Morgan fingerprint density at radius 1 is 1.20 bits per heavy atom. The molecule has 1 aromatic carbocycles. The van der Waals surface area contributed by atoms with Crippen LogP contribution in [0, 0.1) is 5.82 Å². The smallest absolute Gasteiger partial charge is 0.274 e. The molecule has 0 radical (unpaired) electrons. The highest BCUT2D eigenvalue weighted by Crippen LogP contribution is 2.22. The van der Waals surface area contributed by atoms with Gasteiger partial charge in [-0.1, -0.05) is 12.1 Å². The number of amides is 1. The Morgan fingerprint density at radius 2 is 1.96 bits per heavy atom. The number of rotatable bonds is 5. The zero-order chi connectivity index (χ0) is 17.8. The summed E-state index contributed by atoms with van der Waals surface area (Å²) in [6.45, 7) is 4.30. The fourth-order valence-electron chi connectivity index (χ4n) is 2.63. The second-order valence-electron chi connectivity index (χ2n) is 5.57. The molecule has 0 aliphatic rings. The number of aromatic nitrogens is 4. The third-order valence-corrected chi connectivity index (χ3v) is 4.06. The van der Waals surface area contributed by atoms with Crippen molar-refractivity contribution in [3.8, 4) is 5.82 Å². The van der Waals surface area contributed by atoms with Gasteiger partial charge in [0.2, 0.25) is 0 Å². The van der Waals surface area contributed by atoms with Crippen LogP contribution in [0.2, 0.25) is 0 Å². The van der Waals surface area contributed by atoms with E-state index in [1.54, 1.807) is 52.5 Å². The molecule has 1 atom stereocenters. The van der Waals surface area contributed by atoms with Gasteiger partial charge < -0.3 is 4.90 Å². The molecule has 3 rings (SSSR count). The molecule has 0 spiro atoms. The third-order valence-electron chi connectivity index (χ3n) is 4.06. The molecular formula is C18H18FN5O. The first-order chi connectivity index (χ1) is 12.1. The van der Waals surface area contributed by atoms with Gasteiger partial charge in [0.1, 0.15) is 12.1 Å². The van der Waals surface area contributed by atoms with E-state index in [0.29, 0.717) is 12.4 Å². The minimum absolute atomic E-state index is 0.201. The van der Waals surface area contributed by atoms with Crippen LogP contribution in [-0.2, 0) is 0 Å². The van der Waals surface area contributed by atoms with Crippen molar-refractivity contribution in [2.75, 3.05) is 6.54 Å². The Morgan fingerprint density at radius 3 is 2.52 bits per heavy atom. The molecule has 2 aromatic heterocycles. The van der Waals surface area contributed by atoms with Crippen molar-refractivity contribution in [1.29, 1.82) is 0 Å². The maximum absolute atomic E-state index is 13.1. The summed E-state index contributed by atoms with van der Waals surface area (Å²) in [4.78, 5) is 18.4. The Labute approximate surface area is 145 Å². The van der Waals surface area contributed by atoms with E-state index in [9.17, 15) is 9.18 Å². The minimum atomic E-state index is -0.300. The van der Waals surface area contributed by atoms with Crippen LogP contribution in [0.5, 0.6) is 0 Å². The lowest BCUT2D eigenvalue weighted by Gasteiger charge is -2.28. The summed E-state index contributed by atoms with van der Waals surface area (Å²) in [5.41, 5.74) is 1.12. The maximum atomic E-state index is 13.1. The van der Waals surface area contributed by atoms with E-state index in [4.69, 9.17) is 0 Å². The Balaban J connectivity index is 1.80. The van der Waals surface area contributed by atoms with Crippen LogP contribution in [0.1, 0.15) is 35.9 Å². The summed E-state index contributed by atoms with van der Waals surface area (Å²) in [7, 11) is 0. The predicted octanol–water partition coefficient (Wildman–Crippen LogP) is 3.02. The molecule has 3 aromatic rings. The van der Waals surface area contributed by atoms with Crippen molar-refractivity contribution in [2.24, 2.45) is 0 Å². The number of hydrogen-bond donors (Lipinski definition) is 0. The zero-order valence-electron chi connectivity index (χ0n) is 14.0. The van der Waals surface area contributed by atoms with Crippen molar-refractivity contribution in [3.63, 3.8) is 0 Å². The Hall–Kier alpha value is -3.09. The Kier molecular flexibility index (Phi) is 4.83. The van der Waals surface area contributed by atoms with Gasteiger partial charge >= 0.3 is 0 Å². The number of imidazole rings is 1. The van der Waals surface area contributed by atoms with Crippen molar-refractivity contribution in [1.82, 2.24) is 24.6 Å². The summed E-state index contributed by atoms with van der Waals surface area (Å²) in [6.07, 6.45) is 5.00. The van der Waals surface area contributed by atoms with E-state index < -0.39 is 0 Å². The van der Waals surface area contributed by atoms with Crippen LogP contribution in [0.15, 0.2) is 55.1 Å². The normalized spacial score (nSPS) is 12.0. The molecule has 0 bridgehead atoms. The monoisotopic (exact) mass is 339 g/mol. The van der Waals surface area contributed by atoms with Crippen molar-refractivity contribution < 1.29 is 9.18 Å². The molecule has 0 saturated heterocycles. The maximum Gasteiger partial charge on any atom is 0.274 e. The van der Waals surface area contributed by atoms with Crippen LogP contribution in [0.4, 0.5) is 4.39 Å². The summed E-state index contributed by atoms with van der Waals surface area (Å²) in [5.74, 6) is 0.0685. The van der Waals surface area contributed by atoms with Crippen molar-refractivity contribution in [3.05, 3.63) is 72.2 Å². The summed E-state index contributed by atoms with van der Waals surface area (Å²) >= 11 is 0. The van der Waals surface area contributed by atoms with Gasteiger partial charge in [-0.05, 0) is 43.7 Å². The fraction of sp³-hybridized carbons (Fsp3) is 0.222.